The van der Waals surface area contributed by atoms with Crippen LogP contribution in [0.5, 0.6) is 0 Å². The van der Waals surface area contributed by atoms with E-state index in [9.17, 15) is 11.8 Å². The number of benzene rings is 10. The summed E-state index contributed by atoms with van der Waals surface area (Å²) in [5.74, 6) is 0. The Labute approximate surface area is 445 Å². The number of aromatic nitrogens is 2. The Kier molecular flexibility index (Phi) is 11.4. The van der Waals surface area contributed by atoms with Crippen molar-refractivity contribution < 1.29 is 13.2 Å². The van der Waals surface area contributed by atoms with Gasteiger partial charge in [-0.15, -0.1) is 0 Å². The Morgan fingerprint density at radius 2 is 0.782 bits per heavy atom. The van der Waals surface area contributed by atoms with Crippen molar-refractivity contribution in [2.75, 3.05) is 0 Å². The van der Waals surface area contributed by atoms with Gasteiger partial charge in [0.05, 0.1) is 83.5 Å². The predicted octanol–water partition coefficient (Wildman–Crippen LogP) is 19.9. The topological polar surface area (TPSA) is 55.4 Å². The zero-order chi connectivity index (χ0) is 53.8. The van der Waals surface area contributed by atoms with Gasteiger partial charge in [0.25, 0.3) is 0 Å². The maximum Gasteiger partial charge on any atom is 0.415 e. The van der Waals surface area contributed by atoms with Gasteiger partial charge in [0, 0.05) is 27.1 Å². The van der Waals surface area contributed by atoms with E-state index in [2.05, 4.69) is 42.4 Å². The van der Waals surface area contributed by atoms with Crippen LogP contribution in [0.4, 0.5) is 41.6 Å². The molecule has 12 rings (SSSR count). The third-order valence-corrected chi connectivity index (χ3v) is 14.3. The van der Waals surface area contributed by atoms with E-state index in [0.717, 1.165) is 72.1 Å². The van der Waals surface area contributed by atoms with Crippen LogP contribution in [0.1, 0.15) is 11.1 Å². The Bertz CT molecular complexity index is 4520. The smallest absolute Gasteiger partial charge is 0.319 e. The van der Waals surface area contributed by atoms with Gasteiger partial charge in [-0.2, -0.15) is 18.4 Å². The van der Waals surface area contributed by atoms with Crippen LogP contribution in [0, 0.1) is 44.2 Å². The second-order valence-electron chi connectivity index (χ2n) is 18.5. The fraction of sp³-hybridized carbons (Fsp3) is 0.0149. The highest BCUT2D eigenvalue weighted by Gasteiger charge is 2.36. The number of rotatable bonds is 7. The SMILES string of the molecule is [C-]#[N+]c1ccc(-c2ccc3c(c2)c2cc(-c4ccc(C#N)cc4)ccc2n3-c2ccc(-c3c([N+]#[C-])cccc3C(F)(F)F)c(-n3c4ccc(-c5ccc([N+]#[C-])cc5)cc4c4cc(-c5ccc([N+]#[C-])cc5)ccc43)c2[N+]#[C-])cc1. The number of fused-ring (bicyclic) bond motifs is 6. The zero-order valence-corrected chi connectivity index (χ0v) is 40.8. The van der Waals surface area contributed by atoms with Crippen LogP contribution in [0.3, 0.4) is 0 Å². The average molecular weight is 1010 g/mol. The molecule has 0 radical (unpaired) electrons. The number of halogens is 3. The van der Waals surface area contributed by atoms with Crippen molar-refractivity contribution in [1.82, 2.24) is 9.13 Å². The van der Waals surface area contributed by atoms with Gasteiger partial charge in [0.1, 0.15) is 0 Å². The summed E-state index contributed by atoms with van der Waals surface area (Å²) in [4.78, 5) is 18.7. The van der Waals surface area contributed by atoms with Crippen molar-refractivity contribution in [3.8, 4) is 73.1 Å². The summed E-state index contributed by atoms with van der Waals surface area (Å²) in [7, 11) is 0. The van der Waals surface area contributed by atoms with E-state index in [1.807, 2.05) is 118 Å². The first kappa shape index (κ1) is 47.5. The van der Waals surface area contributed by atoms with Gasteiger partial charge in [-0.25, -0.2) is 24.2 Å². The van der Waals surface area contributed by atoms with E-state index < -0.39 is 11.7 Å². The lowest BCUT2D eigenvalue weighted by Crippen LogP contribution is -2.09. The fourth-order valence-electron chi connectivity index (χ4n) is 10.6. The first-order valence-electron chi connectivity index (χ1n) is 24.3. The molecular weight excluding hydrogens is 974 g/mol. The highest BCUT2D eigenvalue weighted by molar-refractivity contribution is 6.15. The molecule has 10 aromatic carbocycles. The molecule has 0 aliphatic carbocycles. The van der Waals surface area contributed by atoms with Crippen molar-refractivity contribution in [3.05, 3.63) is 268 Å². The van der Waals surface area contributed by atoms with Gasteiger partial charge < -0.3 is 9.13 Å². The lowest BCUT2D eigenvalue weighted by molar-refractivity contribution is -0.137. The molecule has 0 unspecified atom stereocenters. The minimum atomic E-state index is -4.89. The molecular formula is C67H33F3N8. The molecule has 0 spiro atoms. The molecule has 8 nitrogen and oxygen atoms in total. The summed E-state index contributed by atoms with van der Waals surface area (Å²) in [6.07, 6.45) is -4.89. The van der Waals surface area contributed by atoms with Gasteiger partial charge in [-0.1, -0.05) is 133 Å². The summed E-state index contributed by atoms with van der Waals surface area (Å²) < 4.78 is 50.4. The maximum atomic E-state index is 15.5. The van der Waals surface area contributed by atoms with Crippen LogP contribution in [-0.4, -0.2) is 9.13 Å². The lowest BCUT2D eigenvalue weighted by atomic mass is 9.94. The van der Waals surface area contributed by atoms with Crippen molar-refractivity contribution in [2.24, 2.45) is 0 Å². The fourth-order valence-corrected chi connectivity index (χ4v) is 10.6. The second-order valence-corrected chi connectivity index (χ2v) is 18.5. The highest BCUT2D eigenvalue weighted by atomic mass is 19.4. The third-order valence-electron chi connectivity index (χ3n) is 14.3. The summed E-state index contributed by atoms with van der Waals surface area (Å²) >= 11 is 0. The predicted molar refractivity (Wildman–Crippen MR) is 303 cm³/mol. The summed E-state index contributed by atoms with van der Waals surface area (Å²) in [5, 5.41) is 12.7. The molecule has 0 bridgehead atoms. The Morgan fingerprint density at radius 1 is 0.397 bits per heavy atom. The first-order valence-corrected chi connectivity index (χ1v) is 24.3. The minimum absolute atomic E-state index is 0.0191. The zero-order valence-electron chi connectivity index (χ0n) is 40.8. The quantitative estimate of drug-likeness (QED) is 0.147. The lowest BCUT2D eigenvalue weighted by Gasteiger charge is -2.23. The van der Waals surface area contributed by atoms with Crippen LogP contribution in [0.15, 0.2) is 200 Å². The van der Waals surface area contributed by atoms with E-state index >= 15 is 13.2 Å². The molecule has 0 aliphatic heterocycles. The molecule has 2 heterocycles. The number of hydrogen-bond donors (Lipinski definition) is 0. The van der Waals surface area contributed by atoms with Crippen molar-refractivity contribution in [1.29, 1.82) is 5.26 Å². The summed E-state index contributed by atoms with van der Waals surface area (Å²) in [6.45, 7) is 40.1. The van der Waals surface area contributed by atoms with Crippen LogP contribution >= 0.6 is 0 Å². The molecule has 0 saturated heterocycles. The van der Waals surface area contributed by atoms with E-state index in [4.69, 9.17) is 26.3 Å². The molecule has 362 valence electrons. The van der Waals surface area contributed by atoms with Gasteiger partial charge in [0.2, 0.25) is 5.69 Å². The molecule has 12 aromatic rings. The van der Waals surface area contributed by atoms with Crippen LogP contribution in [0.25, 0.3) is 135 Å². The standard InChI is InChI=1S/C67H33F3N8/c1-72-49-23-13-42(14-24-49)46-20-31-60-54(36-46)53-35-45(41-11-9-40(39-71)10-12-41)19-30-59(53)77(60)63-34-29-52(64-57(67(68,69)70)7-6-8-58(64)75-4)66(65(63)76-5)78-61-32-21-47(43-15-25-50(73-2)26-16-43)37-55(61)56-38-48(22-33-62(56)78)44-17-27-51(74-3)28-18-44/h6-38H. The molecule has 0 amide bonds. The van der Waals surface area contributed by atoms with Crippen LogP contribution < -0.4 is 0 Å². The van der Waals surface area contributed by atoms with Crippen molar-refractivity contribution >= 4 is 72.0 Å². The average Bonchev–Trinajstić information content (AvgIpc) is 4.15. The number of hydrogen-bond acceptors (Lipinski definition) is 1. The van der Waals surface area contributed by atoms with Crippen LogP contribution in [-0.2, 0) is 6.18 Å². The number of alkyl halides is 3. The largest absolute Gasteiger partial charge is 0.415 e. The second kappa shape index (κ2) is 18.8. The monoisotopic (exact) mass is 1010 g/mol. The molecule has 0 fully saturated rings. The van der Waals surface area contributed by atoms with Gasteiger partial charge in [-0.3, -0.25) is 0 Å². The molecule has 0 aliphatic rings. The summed E-state index contributed by atoms with van der Waals surface area (Å²) in [5.41, 5.74) is 10.2. The maximum absolute atomic E-state index is 15.5. The molecule has 0 N–H and O–H groups in total. The number of nitriles is 1. The van der Waals surface area contributed by atoms with Gasteiger partial charge in [0.15, 0.2) is 22.7 Å². The summed E-state index contributed by atoms with van der Waals surface area (Å²) in [6, 6.07) is 61.6. The highest BCUT2D eigenvalue weighted by Crippen LogP contribution is 2.51. The van der Waals surface area contributed by atoms with E-state index in [1.165, 1.54) is 12.1 Å². The van der Waals surface area contributed by atoms with Crippen molar-refractivity contribution in [2.45, 2.75) is 6.18 Å². The molecule has 11 heteroatoms. The van der Waals surface area contributed by atoms with E-state index in [0.29, 0.717) is 50.4 Å². The van der Waals surface area contributed by atoms with E-state index in [1.54, 1.807) is 60.7 Å². The minimum Gasteiger partial charge on any atom is -0.319 e. The molecule has 2 aromatic heterocycles. The third kappa shape index (κ3) is 7.90. The molecule has 0 atom stereocenters. The van der Waals surface area contributed by atoms with Gasteiger partial charge >= 0.3 is 6.18 Å². The number of nitrogens with zero attached hydrogens (tertiary/aromatic N) is 8. The van der Waals surface area contributed by atoms with Gasteiger partial charge in [-0.05, 0) is 117 Å². The normalized spacial score (nSPS) is 11.2. The van der Waals surface area contributed by atoms with Crippen LogP contribution in [0.2, 0.25) is 0 Å². The Morgan fingerprint density at radius 3 is 1.14 bits per heavy atom. The first-order chi connectivity index (χ1) is 38.0. The Hall–Kier alpha value is -11.5. The molecule has 0 saturated carbocycles. The Balaban J connectivity index is 1.20. The molecule has 78 heavy (non-hydrogen) atoms. The van der Waals surface area contributed by atoms with E-state index in [-0.39, 0.29) is 28.2 Å². The van der Waals surface area contributed by atoms with Crippen molar-refractivity contribution in [3.63, 3.8) is 0 Å².